The standard InChI is InChI=1S/C16H23FN4/c1-11-8-15(13(9-14(11)17)12(2)18-3)21(5)10-16-19-6-7-20(16)4/h6-9,12,18H,10H2,1-5H3. The Hall–Kier alpha value is -1.88. The second kappa shape index (κ2) is 6.26. The summed E-state index contributed by atoms with van der Waals surface area (Å²) in [6.07, 6.45) is 3.71. The largest absolute Gasteiger partial charge is 0.367 e. The Kier molecular flexibility index (Phi) is 4.63. The highest BCUT2D eigenvalue weighted by atomic mass is 19.1. The van der Waals surface area contributed by atoms with Crippen LogP contribution >= 0.6 is 0 Å². The van der Waals surface area contributed by atoms with E-state index in [4.69, 9.17) is 0 Å². The van der Waals surface area contributed by atoms with Crippen molar-refractivity contribution in [1.29, 1.82) is 0 Å². The first kappa shape index (κ1) is 15.5. The number of hydrogen-bond acceptors (Lipinski definition) is 3. The van der Waals surface area contributed by atoms with Crippen molar-refractivity contribution in [2.45, 2.75) is 26.4 Å². The summed E-state index contributed by atoms with van der Waals surface area (Å²) in [5.41, 5.74) is 2.64. The Morgan fingerprint density at radius 2 is 2.14 bits per heavy atom. The number of aryl methyl sites for hydroxylation is 2. The first-order valence-corrected chi connectivity index (χ1v) is 7.08. The number of benzene rings is 1. The van der Waals surface area contributed by atoms with Gasteiger partial charge in [-0.1, -0.05) is 0 Å². The number of nitrogens with one attached hydrogen (secondary N) is 1. The zero-order chi connectivity index (χ0) is 15.6. The van der Waals surface area contributed by atoms with E-state index in [0.717, 1.165) is 17.1 Å². The molecule has 4 nitrogen and oxygen atoms in total. The maximum Gasteiger partial charge on any atom is 0.127 e. The fraction of sp³-hybridized carbons (Fsp3) is 0.438. The van der Waals surface area contributed by atoms with E-state index in [1.807, 2.05) is 44.9 Å². The number of nitrogens with zero attached hydrogens (tertiary/aromatic N) is 3. The van der Waals surface area contributed by atoms with E-state index in [0.29, 0.717) is 12.1 Å². The van der Waals surface area contributed by atoms with Crippen molar-refractivity contribution < 1.29 is 4.39 Å². The summed E-state index contributed by atoms with van der Waals surface area (Å²) < 4.78 is 15.9. The molecule has 2 aromatic rings. The maximum atomic E-state index is 13.9. The Morgan fingerprint density at radius 1 is 1.43 bits per heavy atom. The van der Waals surface area contributed by atoms with Crippen molar-refractivity contribution in [1.82, 2.24) is 14.9 Å². The van der Waals surface area contributed by atoms with Gasteiger partial charge < -0.3 is 14.8 Å². The molecule has 114 valence electrons. The van der Waals surface area contributed by atoms with Gasteiger partial charge in [0.15, 0.2) is 0 Å². The number of halogens is 1. The van der Waals surface area contributed by atoms with E-state index >= 15 is 0 Å². The van der Waals surface area contributed by atoms with Crippen LogP contribution in [0.1, 0.15) is 29.9 Å². The number of hydrogen-bond donors (Lipinski definition) is 1. The van der Waals surface area contributed by atoms with Crippen LogP contribution in [0.25, 0.3) is 0 Å². The van der Waals surface area contributed by atoms with Crippen LogP contribution in [-0.2, 0) is 13.6 Å². The smallest absolute Gasteiger partial charge is 0.127 e. The molecule has 0 aliphatic carbocycles. The molecule has 0 fully saturated rings. The summed E-state index contributed by atoms with van der Waals surface area (Å²) in [6, 6.07) is 3.61. The molecule has 0 bridgehead atoms. The lowest BCUT2D eigenvalue weighted by molar-refractivity contribution is 0.599. The van der Waals surface area contributed by atoms with Gasteiger partial charge in [0, 0.05) is 38.2 Å². The molecule has 0 aliphatic rings. The zero-order valence-corrected chi connectivity index (χ0v) is 13.3. The number of anilines is 1. The molecule has 1 N–H and O–H groups in total. The predicted octanol–water partition coefficient (Wildman–Crippen LogP) is 2.78. The van der Waals surface area contributed by atoms with Gasteiger partial charge in [0.05, 0.1) is 6.54 Å². The average Bonchev–Trinajstić information content (AvgIpc) is 2.85. The molecule has 0 amide bonds. The third-order valence-corrected chi connectivity index (χ3v) is 3.92. The molecule has 2 rings (SSSR count). The van der Waals surface area contributed by atoms with E-state index in [1.165, 1.54) is 0 Å². The van der Waals surface area contributed by atoms with E-state index in [9.17, 15) is 4.39 Å². The van der Waals surface area contributed by atoms with Crippen molar-refractivity contribution >= 4 is 5.69 Å². The van der Waals surface area contributed by atoms with Gasteiger partial charge in [-0.25, -0.2) is 9.37 Å². The highest BCUT2D eigenvalue weighted by Crippen LogP contribution is 2.29. The lowest BCUT2D eigenvalue weighted by Crippen LogP contribution is -2.23. The molecule has 1 heterocycles. The first-order valence-electron chi connectivity index (χ1n) is 7.08. The van der Waals surface area contributed by atoms with Crippen molar-refractivity contribution in [2.75, 3.05) is 19.0 Å². The summed E-state index contributed by atoms with van der Waals surface area (Å²) in [6.45, 7) is 4.50. The number of aromatic nitrogens is 2. The molecule has 0 spiro atoms. The molecule has 1 unspecified atom stereocenters. The zero-order valence-electron chi connectivity index (χ0n) is 13.3. The van der Waals surface area contributed by atoms with Crippen LogP contribution in [0.3, 0.4) is 0 Å². The van der Waals surface area contributed by atoms with Gasteiger partial charge in [-0.05, 0) is 44.2 Å². The van der Waals surface area contributed by atoms with Gasteiger partial charge in [-0.3, -0.25) is 0 Å². The van der Waals surface area contributed by atoms with Gasteiger partial charge in [-0.2, -0.15) is 0 Å². The van der Waals surface area contributed by atoms with Crippen molar-refractivity contribution in [3.05, 3.63) is 47.3 Å². The van der Waals surface area contributed by atoms with Gasteiger partial charge in [0.25, 0.3) is 0 Å². The van der Waals surface area contributed by atoms with Crippen molar-refractivity contribution in [2.24, 2.45) is 7.05 Å². The van der Waals surface area contributed by atoms with Gasteiger partial charge in [0.1, 0.15) is 11.6 Å². The summed E-state index contributed by atoms with van der Waals surface area (Å²) in [5.74, 6) is 0.809. The fourth-order valence-corrected chi connectivity index (χ4v) is 2.36. The normalized spacial score (nSPS) is 12.5. The van der Waals surface area contributed by atoms with Crippen LogP contribution in [0.15, 0.2) is 24.5 Å². The number of rotatable bonds is 5. The predicted molar refractivity (Wildman–Crippen MR) is 83.9 cm³/mol. The molecule has 5 heteroatoms. The molecule has 0 saturated carbocycles. The van der Waals surface area contributed by atoms with Crippen LogP contribution in [0.4, 0.5) is 10.1 Å². The molecule has 21 heavy (non-hydrogen) atoms. The Bertz CT molecular complexity index is 621. The Balaban J connectivity index is 2.37. The molecular weight excluding hydrogens is 267 g/mol. The number of imidazole rings is 1. The molecule has 0 radical (unpaired) electrons. The second-order valence-electron chi connectivity index (χ2n) is 5.48. The first-order chi connectivity index (χ1) is 9.93. The molecule has 0 saturated heterocycles. The quantitative estimate of drug-likeness (QED) is 0.919. The topological polar surface area (TPSA) is 33.1 Å². The van der Waals surface area contributed by atoms with Crippen molar-refractivity contribution in [3.8, 4) is 0 Å². The van der Waals surface area contributed by atoms with Crippen LogP contribution in [0, 0.1) is 12.7 Å². The van der Waals surface area contributed by atoms with E-state index in [2.05, 4.69) is 15.2 Å². The van der Waals surface area contributed by atoms with Gasteiger partial charge >= 0.3 is 0 Å². The summed E-state index contributed by atoms with van der Waals surface area (Å²) >= 11 is 0. The lowest BCUT2D eigenvalue weighted by Gasteiger charge is -2.25. The minimum atomic E-state index is -0.166. The average molecular weight is 290 g/mol. The third-order valence-electron chi connectivity index (χ3n) is 3.92. The lowest BCUT2D eigenvalue weighted by atomic mass is 10.0. The van der Waals surface area contributed by atoms with E-state index < -0.39 is 0 Å². The van der Waals surface area contributed by atoms with Crippen LogP contribution < -0.4 is 10.2 Å². The van der Waals surface area contributed by atoms with Crippen LogP contribution in [-0.4, -0.2) is 23.6 Å². The van der Waals surface area contributed by atoms with Crippen LogP contribution in [0.5, 0.6) is 0 Å². The summed E-state index contributed by atoms with van der Waals surface area (Å²) in [7, 11) is 5.86. The van der Waals surface area contributed by atoms with Crippen LogP contribution in [0.2, 0.25) is 0 Å². The Morgan fingerprint density at radius 3 is 2.71 bits per heavy atom. The summed E-state index contributed by atoms with van der Waals surface area (Å²) in [4.78, 5) is 6.46. The fourth-order valence-electron chi connectivity index (χ4n) is 2.36. The third kappa shape index (κ3) is 3.24. The highest BCUT2D eigenvalue weighted by Gasteiger charge is 2.16. The SMILES string of the molecule is CNC(C)c1cc(F)c(C)cc1N(C)Cc1nccn1C. The van der Waals surface area contributed by atoms with E-state index in [1.54, 1.807) is 19.2 Å². The molecule has 1 atom stereocenters. The molecule has 0 aliphatic heterocycles. The highest BCUT2D eigenvalue weighted by molar-refractivity contribution is 5.56. The second-order valence-corrected chi connectivity index (χ2v) is 5.48. The maximum absolute atomic E-state index is 13.9. The molecule has 1 aromatic heterocycles. The monoisotopic (exact) mass is 290 g/mol. The van der Waals surface area contributed by atoms with Gasteiger partial charge in [-0.15, -0.1) is 0 Å². The Labute approximate surface area is 125 Å². The van der Waals surface area contributed by atoms with Gasteiger partial charge in [0.2, 0.25) is 0 Å². The summed E-state index contributed by atoms with van der Waals surface area (Å²) in [5, 5.41) is 3.18. The minimum absolute atomic E-state index is 0.0823. The molecule has 1 aromatic carbocycles. The van der Waals surface area contributed by atoms with E-state index in [-0.39, 0.29) is 11.9 Å². The minimum Gasteiger partial charge on any atom is -0.367 e. The van der Waals surface area contributed by atoms with Crippen molar-refractivity contribution in [3.63, 3.8) is 0 Å². The molecular formula is C16H23FN4.